The van der Waals surface area contributed by atoms with Crippen LogP contribution in [0, 0.1) is 12.7 Å². The quantitative estimate of drug-likeness (QED) is 0.784. The van der Waals surface area contributed by atoms with E-state index in [1.807, 2.05) is 30.3 Å². The van der Waals surface area contributed by atoms with Crippen molar-refractivity contribution in [1.29, 1.82) is 0 Å². The molecule has 6 heteroatoms. The molecule has 0 radical (unpaired) electrons. The number of carbonyl (C=O) groups excluding carboxylic acids is 1. The van der Waals surface area contributed by atoms with Crippen molar-refractivity contribution >= 4 is 23.1 Å². The number of carbonyl (C=O) groups is 1. The number of rotatable bonds is 4. The molecule has 1 N–H and O–H groups in total. The van der Waals surface area contributed by atoms with Gasteiger partial charge in [-0.2, -0.15) is 0 Å². The van der Waals surface area contributed by atoms with Gasteiger partial charge in [-0.3, -0.25) is 4.79 Å². The van der Waals surface area contributed by atoms with E-state index in [2.05, 4.69) is 15.3 Å². The first-order chi connectivity index (χ1) is 12.0. The lowest BCUT2D eigenvalue weighted by molar-refractivity contribution is 0.0988. The molecule has 0 saturated carbocycles. The average Bonchev–Trinajstić information content (AvgIpc) is 2.60. The summed E-state index contributed by atoms with van der Waals surface area (Å²) in [7, 11) is 1.69. The van der Waals surface area contributed by atoms with Crippen LogP contribution in [0.4, 0.5) is 21.6 Å². The van der Waals surface area contributed by atoms with E-state index < -0.39 is 0 Å². The van der Waals surface area contributed by atoms with Crippen LogP contribution in [0.2, 0.25) is 0 Å². The summed E-state index contributed by atoms with van der Waals surface area (Å²) in [6, 6.07) is 16.9. The smallest absolute Gasteiger partial charge is 0.276 e. The van der Waals surface area contributed by atoms with Crippen molar-refractivity contribution in [2.24, 2.45) is 0 Å². The zero-order chi connectivity index (χ0) is 17.8. The van der Waals surface area contributed by atoms with Crippen molar-refractivity contribution in [2.75, 3.05) is 17.3 Å². The summed E-state index contributed by atoms with van der Waals surface area (Å²) in [6.07, 6.45) is 0. The largest absolute Gasteiger partial charge is 0.340 e. The molecule has 0 spiro atoms. The van der Waals surface area contributed by atoms with Crippen molar-refractivity contribution in [3.8, 4) is 0 Å². The van der Waals surface area contributed by atoms with Gasteiger partial charge in [0, 0.05) is 24.5 Å². The number of aromatic nitrogens is 2. The number of nitrogens with zero attached hydrogens (tertiary/aromatic N) is 3. The van der Waals surface area contributed by atoms with Gasteiger partial charge in [0.2, 0.25) is 0 Å². The molecule has 0 aliphatic heterocycles. The first-order valence-electron chi connectivity index (χ1n) is 7.74. The molecule has 0 unspecified atom stereocenters. The molecule has 1 aromatic heterocycles. The van der Waals surface area contributed by atoms with Gasteiger partial charge in [-0.05, 0) is 37.3 Å². The Morgan fingerprint density at radius 2 is 1.80 bits per heavy atom. The minimum atomic E-state index is -0.351. The van der Waals surface area contributed by atoms with Gasteiger partial charge in [-0.25, -0.2) is 14.4 Å². The Morgan fingerprint density at radius 3 is 2.52 bits per heavy atom. The molecule has 0 aliphatic rings. The number of hydrogen-bond acceptors (Lipinski definition) is 4. The Bertz CT molecular complexity index is 899. The van der Waals surface area contributed by atoms with Gasteiger partial charge in [0.25, 0.3) is 5.91 Å². The second kappa shape index (κ2) is 7.09. The van der Waals surface area contributed by atoms with E-state index in [0.29, 0.717) is 17.3 Å². The van der Waals surface area contributed by atoms with Crippen LogP contribution in [0.15, 0.2) is 60.7 Å². The van der Waals surface area contributed by atoms with Crippen LogP contribution in [0.3, 0.4) is 0 Å². The number of benzene rings is 2. The minimum absolute atomic E-state index is 0.251. The summed E-state index contributed by atoms with van der Waals surface area (Å²) in [6.45, 7) is 1.70. The highest BCUT2D eigenvalue weighted by molar-refractivity contribution is 6.04. The van der Waals surface area contributed by atoms with E-state index in [-0.39, 0.29) is 17.4 Å². The normalized spacial score (nSPS) is 10.4. The molecule has 1 heterocycles. The maximum Gasteiger partial charge on any atom is 0.276 e. The summed E-state index contributed by atoms with van der Waals surface area (Å²) >= 11 is 0. The zero-order valence-corrected chi connectivity index (χ0v) is 13.9. The standard InChI is InChI=1S/C19H17FN4O/c1-13-21-17(19(25)24(2)16-9-4-3-5-10-16)12-18(22-13)23-15-8-6-7-14(20)11-15/h3-12H,1-2H3,(H,21,22,23). The highest BCUT2D eigenvalue weighted by Crippen LogP contribution is 2.19. The van der Waals surface area contributed by atoms with Crippen LogP contribution in [0.1, 0.15) is 16.3 Å². The molecular formula is C19H17FN4O. The lowest BCUT2D eigenvalue weighted by Crippen LogP contribution is -2.27. The lowest BCUT2D eigenvalue weighted by Gasteiger charge is -2.17. The zero-order valence-electron chi connectivity index (χ0n) is 13.9. The van der Waals surface area contributed by atoms with E-state index in [1.165, 1.54) is 17.0 Å². The number of nitrogens with one attached hydrogen (secondary N) is 1. The Morgan fingerprint density at radius 1 is 1.04 bits per heavy atom. The van der Waals surface area contributed by atoms with Crippen molar-refractivity contribution in [1.82, 2.24) is 9.97 Å². The second-order valence-corrected chi connectivity index (χ2v) is 5.52. The maximum atomic E-state index is 13.3. The average molecular weight is 336 g/mol. The highest BCUT2D eigenvalue weighted by Gasteiger charge is 2.16. The van der Waals surface area contributed by atoms with E-state index in [1.54, 1.807) is 32.2 Å². The molecule has 126 valence electrons. The van der Waals surface area contributed by atoms with Gasteiger partial charge in [0.1, 0.15) is 23.2 Å². The van der Waals surface area contributed by atoms with Gasteiger partial charge in [0.15, 0.2) is 0 Å². The van der Waals surface area contributed by atoms with Gasteiger partial charge >= 0.3 is 0 Å². The Labute approximate surface area is 145 Å². The van der Waals surface area contributed by atoms with E-state index >= 15 is 0 Å². The minimum Gasteiger partial charge on any atom is -0.340 e. The molecule has 25 heavy (non-hydrogen) atoms. The van der Waals surface area contributed by atoms with Crippen LogP contribution in [0.5, 0.6) is 0 Å². The van der Waals surface area contributed by atoms with Crippen LogP contribution < -0.4 is 10.2 Å². The Balaban J connectivity index is 1.87. The van der Waals surface area contributed by atoms with Crippen molar-refractivity contribution < 1.29 is 9.18 Å². The first kappa shape index (κ1) is 16.6. The fourth-order valence-electron chi connectivity index (χ4n) is 2.40. The van der Waals surface area contributed by atoms with Gasteiger partial charge in [-0.1, -0.05) is 24.3 Å². The number of para-hydroxylation sites is 1. The third-order valence-electron chi connectivity index (χ3n) is 3.60. The maximum absolute atomic E-state index is 13.3. The molecule has 1 amide bonds. The van der Waals surface area contributed by atoms with Crippen molar-refractivity contribution in [3.63, 3.8) is 0 Å². The molecule has 0 aliphatic carbocycles. The first-order valence-corrected chi connectivity index (χ1v) is 7.74. The molecular weight excluding hydrogens is 319 g/mol. The molecule has 0 saturated heterocycles. The highest BCUT2D eigenvalue weighted by atomic mass is 19.1. The van der Waals surface area contributed by atoms with Crippen molar-refractivity contribution in [2.45, 2.75) is 6.92 Å². The summed E-state index contributed by atoms with van der Waals surface area (Å²) < 4.78 is 13.3. The Kier molecular flexibility index (Phi) is 4.70. The summed E-state index contributed by atoms with van der Waals surface area (Å²) in [4.78, 5) is 22.7. The van der Waals surface area contributed by atoms with Crippen LogP contribution >= 0.6 is 0 Å². The number of hydrogen-bond donors (Lipinski definition) is 1. The SMILES string of the molecule is Cc1nc(Nc2cccc(F)c2)cc(C(=O)N(C)c2ccccc2)n1. The van der Waals surface area contributed by atoms with Gasteiger partial charge in [0.05, 0.1) is 0 Å². The molecule has 3 rings (SSSR count). The molecule has 0 fully saturated rings. The fraction of sp³-hybridized carbons (Fsp3) is 0.105. The van der Waals surface area contributed by atoms with Gasteiger partial charge < -0.3 is 10.2 Å². The molecule has 2 aromatic carbocycles. The third kappa shape index (κ3) is 3.98. The summed E-state index contributed by atoms with van der Waals surface area (Å²) in [5, 5.41) is 3.00. The second-order valence-electron chi connectivity index (χ2n) is 5.52. The fourth-order valence-corrected chi connectivity index (χ4v) is 2.40. The van der Waals surface area contributed by atoms with Gasteiger partial charge in [-0.15, -0.1) is 0 Å². The number of halogens is 1. The third-order valence-corrected chi connectivity index (χ3v) is 3.60. The number of anilines is 3. The van der Waals surface area contributed by atoms with Crippen LogP contribution in [-0.4, -0.2) is 22.9 Å². The predicted molar refractivity (Wildman–Crippen MR) is 95.6 cm³/mol. The molecule has 5 nitrogen and oxygen atoms in total. The van der Waals surface area contributed by atoms with Crippen LogP contribution in [-0.2, 0) is 0 Å². The molecule has 0 atom stereocenters. The summed E-state index contributed by atoms with van der Waals surface area (Å²) in [5.41, 5.74) is 1.58. The molecule has 3 aromatic rings. The van der Waals surface area contributed by atoms with E-state index in [9.17, 15) is 9.18 Å². The lowest BCUT2D eigenvalue weighted by atomic mass is 10.2. The monoisotopic (exact) mass is 336 g/mol. The number of aryl methyl sites for hydroxylation is 1. The predicted octanol–water partition coefficient (Wildman–Crippen LogP) is 3.94. The number of amides is 1. The van der Waals surface area contributed by atoms with Crippen LogP contribution in [0.25, 0.3) is 0 Å². The Hall–Kier alpha value is -3.28. The van der Waals surface area contributed by atoms with E-state index in [0.717, 1.165) is 5.69 Å². The molecule has 0 bridgehead atoms. The van der Waals surface area contributed by atoms with Crippen molar-refractivity contribution in [3.05, 3.63) is 78.0 Å². The van der Waals surface area contributed by atoms with E-state index in [4.69, 9.17) is 0 Å². The topological polar surface area (TPSA) is 58.1 Å². The summed E-state index contributed by atoms with van der Waals surface area (Å²) in [5.74, 6) is 0.281.